The van der Waals surface area contributed by atoms with Crippen molar-refractivity contribution in [2.45, 2.75) is 53.4 Å². The van der Waals surface area contributed by atoms with E-state index in [0.717, 1.165) is 17.5 Å². The summed E-state index contributed by atoms with van der Waals surface area (Å²) in [4.78, 5) is 42.7. The first-order valence-corrected chi connectivity index (χ1v) is 15.6. The lowest BCUT2D eigenvalue weighted by molar-refractivity contribution is -0.274. The van der Waals surface area contributed by atoms with Crippen LogP contribution >= 0.6 is 22.9 Å². The number of anilines is 1. The molecule has 3 heterocycles. The van der Waals surface area contributed by atoms with Gasteiger partial charge in [-0.25, -0.2) is 15.0 Å². The minimum atomic E-state index is -4.90. The Morgan fingerprint density at radius 2 is 1.89 bits per heavy atom. The van der Waals surface area contributed by atoms with Crippen LogP contribution < -0.4 is 9.64 Å². The Bertz CT molecular complexity index is 1460. The predicted molar refractivity (Wildman–Crippen MR) is 171 cm³/mol. The molecule has 0 atom stereocenters. The Morgan fingerprint density at radius 1 is 1.17 bits per heavy atom. The van der Waals surface area contributed by atoms with E-state index in [1.165, 1.54) is 35.9 Å². The number of hydrogen-bond acceptors (Lipinski definition) is 10. The molecule has 0 aliphatic carbocycles. The Balaban J connectivity index is 0.00000576. The fourth-order valence-electron chi connectivity index (χ4n) is 5.09. The van der Waals surface area contributed by atoms with Crippen molar-refractivity contribution < 1.29 is 37.3 Å². The van der Waals surface area contributed by atoms with Gasteiger partial charge in [-0.2, -0.15) is 0 Å². The van der Waals surface area contributed by atoms with E-state index >= 15 is 0 Å². The number of carboxylic acids is 1. The molecule has 0 radical (unpaired) electrons. The van der Waals surface area contributed by atoms with Gasteiger partial charge < -0.3 is 19.5 Å². The van der Waals surface area contributed by atoms with Crippen molar-refractivity contribution >= 4 is 40.5 Å². The number of carbonyl (C=O) groups excluding carboxylic acids is 1. The summed E-state index contributed by atoms with van der Waals surface area (Å²) in [6.07, 6.45) is -1.09. The van der Waals surface area contributed by atoms with Gasteiger partial charge in [0, 0.05) is 55.3 Å². The smallest absolute Gasteiger partial charge is 0.481 e. The number of carboxylic acid groups (broad SMARTS) is 1. The maximum Gasteiger partial charge on any atom is 0.573 e. The Hall–Kier alpha value is -3.33. The fourth-order valence-corrected chi connectivity index (χ4v) is 6.44. The van der Waals surface area contributed by atoms with Crippen molar-refractivity contribution in [3.05, 3.63) is 51.2 Å². The summed E-state index contributed by atoms with van der Waals surface area (Å²) < 4.78 is 48.4. The van der Waals surface area contributed by atoms with E-state index in [9.17, 15) is 27.9 Å². The van der Waals surface area contributed by atoms with Gasteiger partial charge in [0.25, 0.3) is 0 Å². The van der Waals surface area contributed by atoms with E-state index < -0.39 is 18.1 Å². The molecule has 1 aromatic carbocycles. The molecular formula is C31H39ClF3N5O5S. The van der Waals surface area contributed by atoms with Gasteiger partial charge in [-0.1, -0.05) is 32.9 Å². The van der Waals surface area contributed by atoms with Gasteiger partial charge >= 0.3 is 12.3 Å². The van der Waals surface area contributed by atoms with Crippen LogP contribution in [-0.4, -0.2) is 83.0 Å². The molecule has 0 bridgehead atoms. The van der Waals surface area contributed by atoms with Crippen LogP contribution in [0.25, 0.3) is 11.3 Å². The molecule has 1 fully saturated rings. The van der Waals surface area contributed by atoms with Crippen molar-refractivity contribution in [1.29, 1.82) is 0 Å². The predicted octanol–water partition coefficient (Wildman–Crippen LogP) is 6.62. The molecule has 46 heavy (non-hydrogen) atoms. The van der Waals surface area contributed by atoms with Gasteiger partial charge in [0.1, 0.15) is 22.3 Å². The second-order valence-electron chi connectivity index (χ2n) is 11.2. The highest BCUT2D eigenvalue weighted by molar-refractivity contribution is 7.12. The van der Waals surface area contributed by atoms with Crippen molar-refractivity contribution in [1.82, 2.24) is 19.9 Å². The number of halogens is 4. The van der Waals surface area contributed by atoms with Gasteiger partial charge in [0.05, 0.1) is 37.0 Å². The van der Waals surface area contributed by atoms with E-state index in [2.05, 4.69) is 38.4 Å². The number of carbonyl (C=O) groups is 2. The number of hydrogen-bond donors (Lipinski definition) is 1. The number of ketones is 1. The highest BCUT2D eigenvalue weighted by Crippen LogP contribution is 2.36. The van der Waals surface area contributed by atoms with Crippen molar-refractivity contribution in [2.24, 2.45) is 11.8 Å². The number of ether oxygens (including phenoxy) is 2. The van der Waals surface area contributed by atoms with E-state index in [-0.39, 0.29) is 36.3 Å². The number of aliphatic carboxylic acids is 1. The van der Waals surface area contributed by atoms with Crippen LogP contribution in [0, 0.1) is 11.8 Å². The van der Waals surface area contributed by atoms with Crippen LogP contribution in [0.2, 0.25) is 5.02 Å². The molecule has 10 nitrogen and oxygen atoms in total. The molecular weight excluding hydrogens is 647 g/mol. The molecule has 4 rings (SSSR count). The molecule has 2 aromatic heterocycles. The maximum atomic E-state index is 13.2. The summed E-state index contributed by atoms with van der Waals surface area (Å²) >= 11 is 7.48. The molecule has 1 aliphatic heterocycles. The van der Waals surface area contributed by atoms with Crippen LogP contribution in [0.1, 0.15) is 54.5 Å². The first kappa shape index (κ1) is 37.1. The average molecular weight is 686 g/mol. The molecule has 3 aromatic rings. The molecule has 0 spiro atoms. The summed E-state index contributed by atoms with van der Waals surface area (Å²) in [5.41, 5.74) is 0.885. The van der Waals surface area contributed by atoms with Crippen LogP contribution in [0.4, 0.5) is 19.0 Å². The van der Waals surface area contributed by atoms with Crippen LogP contribution in [-0.2, 0) is 22.5 Å². The number of rotatable bonds is 14. The van der Waals surface area contributed by atoms with E-state index in [1.807, 2.05) is 4.90 Å². The number of thiazole rings is 1. The Morgan fingerprint density at radius 3 is 2.48 bits per heavy atom. The maximum absolute atomic E-state index is 13.2. The van der Waals surface area contributed by atoms with E-state index in [1.54, 1.807) is 7.11 Å². The van der Waals surface area contributed by atoms with Crippen LogP contribution in [0.5, 0.6) is 5.75 Å². The molecule has 0 unspecified atom stereocenters. The third-order valence-electron chi connectivity index (χ3n) is 7.13. The molecule has 252 valence electrons. The fraction of sp³-hybridized carbons (Fsp3) is 0.516. The number of piperidine rings is 1. The van der Waals surface area contributed by atoms with Crippen molar-refractivity contribution in [3.8, 4) is 17.0 Å². The quantitative estimate of drug-likeness (QED) is 0.186. The largest absolute Gasteiger partial charge is 0.573 e. The Labute approximate surface area is 275 Å². The summed E-state index contributed by atoms with van der Waals surface area (Å²) in [5.74, 6) is -1.08. The van der Waals surface area contributed by atoms with Crippen LogP contribution in [0.15, 0.2) is 30.6 Å². The number of nitrogens with zero attached hydrogens (tertiary/aromatic N) is 5. The zero-order valence-electron chi connectivity index (χ0n) is 25.1. The number of Topliss-reactive ketones (excluding diaryl/α,β-unsaturated/α-hetero) is 1. The van der Waals surface area contributed by atoms with E-state index in [0.29, 0.717) is 73.6 Å². The molecule has 15 heteroatoms. The molecule has 1 N–H and O–H groups in total. The number of benzene rings is 1. The molecule has 0 amide bonds. The number of alkyl halides is 3. The minimum absolute atomic E-state index is 0. The molecule has 1 aliphatic rings. The Kier molecular flexibility index (Phi) is 13.3. The second-order valence-corrected chi connectivity index (χ2v) is 12.8. The number of aromatic nitrogens is 3. The lowest BCUT2D eigenvalue weighted by atomic mass is 9.97. The van der Waals surface area contributed by atoms with Gasteiger partial charge in [0.15, 0.2) is 5.78 Å². The third kappa shape index (κ3) is 10.6. The standard InChI is InChI=1S/C30H35ClF3N5O5S.CH4/c1-18(2)16-38(8-9-43-3)17-25-28(20-10-21(31)12-22(11-20)44-30(32,33)34)37-27(45-25)13-24(40)23-14-36-26(15-35-23)39-6-4-19(5-7-39)29(41)42;/h10-12,14-15,18-19H,4-9,13,16-17H2,1-3H3,(H,41,42);1H4. The second kappa shape index (κ2) is 16.5. The lowest BCUT2D eigenvalue weighted by Gasteiger charge is -2.30. The first-order chi connectivity index (χ1) is 21.3. The van der Waals surface area contributed by atoms with Gasteiger partial charge in [-0.15, -0.1) is 24.5 Å². The zero-order valence-corrected chi connectivity index (χ0v) is 26.7. The summed E-state index contributed by atoms with van der Waals surface area (Å²) in [5, 5.41) is 9.73. The zero-order chi connectivity index (χ0) is 32.7. The monoisotopic (exact) mass is 685 g/mol. The minimum Gasteiger partial charge on any atom is -0.481 e. The van der Waals surface area contributed by atoms with Gasteiger partial charge in [-0.3, -0.25) is 14.5 Å². The van der Waals surface area contributed by atoms with Crippen LogP contribution in [0.3, 0.4) is 0 Å². The van der Waals surface area contributed by atoms with E-state index in [4.69, 9.17) is 16.3 Å². The van der Waals surface area contributed by atoms with Gasteiger partial charge in [-0.05, 0) is 37.0 Å². The SMILES string of the molecule is C.COCCN(Cc1sc(CC(=O)c2cnc(N3CCC(C(=O)O)CC3)cn2)nc1-c1cc(Cl)cc(OC(F)(F)F)c1)CC(C)C. The topological polar surface area (TPSA) is 118 Å². The highest BCUT2D eigenvalue weighted by Gasteiger charge is 2.32. The summed E-state index contributed by atoms with van der Waals surface area (Å²) in [6, 6.07) is 3.82. The summed E-state index contributed by atoms with van der Waals surface area (Å²) in [6.45, 7) is 7.50. The van der Waals surface area contributed by atoms with Gasteiger partial charge in [0.2, 0.25) is 0 Å². The third-order valence-corrected chi connectivity index (χ3v) is 8.38. The molecule has 1 saturated heterocycles. The number of methoxy groups -OCH3 is 1. The van der Waals surface area contributed by atoms with Crippen molar-refractivity contribution in [3.63, 3.8) is 0 Å². The summed E-state index contributed by atoms with van der Waals surface area (Å²) in [7, 11) is 1.61. The lowest BCUT2D eigenvalue weighted by Crippen LogP contribution is -2.36. The normalized spacial score (nSPS) is 14.1. The average Bonchev–Trinajstić information content (AvgIpc) is 3.36. The molecule has 0 saturated carbocycles. The highest BCUT2D eigenvalue weighted by atomic mass is 35.5. The first-order valence-electron chi connectivity index (χ1n) is 14.4. The van der Waals surface area contributed by atoms with Crippen molar-refractivity contribution in [2.75, 3.05) is 44.8 Å².